The van der Waals surface area contributed by atoms with Gasteiger partial charge in [0, 0.05) is 10.6 Å². The third-order valence-electron chi connectivity index (χ3n) is 3.60. The first-order valence-electron chi connectivity index (χ1n) is 6.55. The molecule has 3 rings (SSSR count). The summed E-state index contributed by atoms with van der Waals surface area (Å²) in [6.45, 7) is 4.29. The van der Waals surface area contributed by atoms with Gasteiger partial charge in [-0.3, -0.25) is 0 Å². The van der Waals surface area contributed by atoms with E-state index in [0.717, 1.165) is 17.2 Å². The molecule has 3 heteroatoms. The van der Waals surface area contributed by atoms with E-state index in [1.54, 1.807) is 0 Å². The number of anilines is 2. The highest BCUT2D eigenvalue weighted by atomic mass is 32.1. The Bertz CT molecular complexity index is 548. The van der Waals surface area contributed by atoms with Crippen molar-refractivity contribution in [1.82, 2.24) is 4.98 Å². The molecule has 0 saturated carbocycles. The molecule has 18 heavy (non-hydrogen) atoms. The summed E-state index contributed by atoms with van der Waals surface area (Å²) in [6, 6.07) is 6.48. The Labute approximate surface area is 112 Å². The van der Waals surface area contributed by atoms with Crippen molar-refractivity contribution in [2.24, 2.45) is 0 Å². The van der Waals surface area contributed by atoms with Crippen LogP contribution in [0.1, 0.15) is 34.5 Å². The van der Waals surface area contributed by atoms with Gasteiger partial charge in [-0.25, -0.2) is 4.98 Å². The van der Waals surface area contributed by atoms with Gasteiger partial charge in [-0.1, -0.05) is 6.07 Å². The molecule has 1 N–H and O–H groups in total. The molecule has 2 aromatic rings. The molecule has 1 aromatic heterocycles. The third kappa shape index (κ3) is 2.27. The van der Waals surface area contributed by atoms with Crippen LogP contribution in [0.25, 0.3) is 0 Å². The predicted octanol–water partition coefficient (Wildman–Crippen LogP) is 4.38. The standard InChI is InChI=1S/C15H18N2S/c1-10-7-8-12(9-11(10)2)16-15-17-13-5-3-4-6-14(13)18-15/h7-9H,3-6H2,1-2H3,(H,16,17). The molecule has 1 aliphatic rings. The van der Waals surface area contributed by atoms with Crippen LogP contribution in [-0.2, 0) is 12.8 Å². The number of nitrogens with zero attached hydrogens (tertiary/aromatic N) is 1. The Morgan fingerprint density at radius 2 is 1.94 bits per heavy atom. The fraction of sp³-hybridized carbons (Fsp3) is 0.400. The number of nitrogens with one attached hydrogen (secondary N) is 1. The van der Waals surface area contributed by atoms with Gasteiger partial charge in [0.05, 0.1) is 5.69 Å². The molecule has 0 aliphatic heterocycles. The quantitative estimate of drug-likeness (QED) is 0.864. The van der Waals surface area contributed by atoms with E-state index in [2.05, 4.69) is 37.4 Å². The zero-order chi connectivity index (χ0) is 12.5. The Kier molecular flexibility index (Phi) is 3.08. The first-order valence-corrected chi connectivity index (χ1v) is 7.37. The lowest BCUT2D eigenvalue weighted by Gasteiger charge is -2.06. The molecule has 0 fully saturated rings. The first-order chi connectivity index (χ1) is 8.72. The molecule has 0 spiro atoms. The molecular formula is C15H18N2S. The summed E-state index contributed by atoms with van der Waals surface area (Å²) in [4.78, 5) is 6.18. The molecule has 0 amide bonds. The number of aromatic nitrogens is 1. The number of benzene rings is 1. The van der Waals surface area contributed by atoms with Crippen LogP contribution in [0.2, 0.25) is 0 Å². The van der Waals surface area contributed by atoms with E-state index in [1.165, 1.54) is 41.0 Å². The number of thiazole rings is 1. The van der Waals surface area contributed by atoms with Crippen molar-refractivity contribution in [1.29, 1.82) is 0 Å². The van der Waals surface area contributed by atoms with E-state index in [-0.39, 0.29) is 0 Å². The second-order valence-corrected chi connectivity index (χ2v) is 6.10. The monoisotopic (exact) mass is 258 g/mol. The summed E-state index contributed by atoms with van der Waals surface area (Å²) in [5.41, 5.74) is 5.11. The molecule has 2 nitrogen and oxygen atoms in total. The smallest absolute Gasteiger partial charge is 0.187 e. The SMILES string of the molecule is Cc1ccc(Nc2nc3c(s2)CCCC3)cc1C. The maximum Gasteiger partial charge on any atom is 0.187 e. The lowest BCUT2D eigenvalue weighted by molar-refractivity contribution is 0.683. The van der Waals surface area contributed by atoms with Crippen LogP contribution in [-0.4, -0.2) is 4.98 Å². The maximum atomic E-state index is 4.71. The lowest BCUT2D eigenvalue weighted by Crippen LogP contribution is -1.99. The van der Waals surface area contributed by atoms with Gasteiger partial charge in [-0.2, -0.15) is 0 Å². The van der Waals surface area contributed by atoms with Crippen molar-refractivity contribution < 1.29 is 0 Å². The normalized spacial score (nSPS) is 14.3. The topological polar surface area (TPSA) is 24.9 Å². The Morgan fingerprint density at radius 1 is 1.11 bits per heavy atom. The molecule has 0 bridgehead atoms. The summed E-state index contributed by atoms with van der Waals surface area (Å²) in [5, 5.41) is 4.48. The summed E-state index contributed by atoms with van der Waals surface area (Å²) in [5.74, 6) is 0. The van der Waals surface area contributed by atoms with Gasteiger partial charge in [-0.15, -0.1) is 11.3 Å². The average Bonchev–Trinajstić information content (AvgIpc) is 2.76. The number of fused-ring (bicyclic) bond motifs is 1. The predicted molar refractivity (Wildman–Crippen MR) is 78.0 cm³/mol. The van der Waals surface area contributed by atoms with E-state index >= 15 is 0 Å². The molecular weight excluding hydrogens is 240 g/mol. The minimum absolute atomic E-state index is 1.05. The third-order valence-corrected chi connectivity index (χ3v) is 4.68. The van der Waals surface area contributed by atoms with E-state index in [1.807, 2.05) is 11.3 Å². The van der Waals surface area contributed by atoms with E-state index in [4.69, 9.17) is 4.98 Å². The molecule has 0 saturated heterocycles. The highest BCUT2D eigenvalue weighted by Gasteiger charge is 2.15. The van der Waals surface area contributed by atoms with Crippen molar-refractivity contribution in [3.8, 4) is 0 Å². The molecule has 94 valence electrons. The minimum Gasteiger partial charge on any atom is -0.332 e. The molecule has 0 unspecified atom stereocenters. The molecule has 1 aliphatic carbocycles. The van der Waals surface area contributed by atoms with E-state index in [9.17, 15) is 0 Å². The van der Waals surface area contributed by atoms with Crippen LogP contribution in [0.5, 0.6) is 0 Å². The Morgan fingerprint density at radius 3 is 2.72 bits per heavy atom. The summed E-state index contributed by atoms with van der Waals surface area (Å²) in [6.07, 6.45) is 4.97. The van der Waals surface area contributed by atoms with Crippen LogP contribution in [0, 0.1) is 13.8 Å². The maximum absolute atomic E-state index is 4.71. The van der Waals surface area contributed by atoms with Crippen molar-refractivity contribution in [3.63, 3.8) is 0 Å². The van der Waals surface area contributed by atoms with E-state index in [0.29, 0.717) is 0 Å². The van der Waals surface area contributed by atoms with Crippen LogP contribution in [0.4, 0.5) is 10.8 Å². The lowest BCUT2D eigenvalue weighted by atomic mass is 10.0. The van der Waals surface area contributed by atoms with Gasteiger partial charge in [0.1, 0.15) is 0 Å². The molecule has 1 heterocycles. The first kappa shape index (κ1) is 11.7. The fourth-order valence-electron chi connectivity index (χ4n) is 2.35. The van der Waals surface area contributed by atoms with Gasteiger partial charge in [0.2, 0.25) is 0 Å². The van der Waals surface area contributed by atoms with Gasteiger partial charge < -0.3 is 5.32 Å². The average molecular weight is 258 g/mol. The van der Waals surface area contributed by atoms with Crippen LogP contribution < -0.4 is 5.32 Å². The van der Waals surface area contributed by atoms with Gasteiger partial charge in [0.25, 0.3) is 0 Å². The minimum atomic E-state index is 1.05. The summed E-state index contributed by atoms with van der Waals surface area (Å²) < 4.78 is 0. The van der Waals surface area contributed by atoms with Gasteiger partial charge in [0.15, 0.2) is 5.13 Å². The highest BCUT2D eigenvalue weighted by Crippen LogP contribution is 2.31. The summed E-state index contributed by atoms with van der Waals surface area (Å²) in [7, 11) is 0. The molecule has 0 radical (unpaired) electrons. The second kappa shape index (κ2) is 4.73. The second-order valence-electron chi connectivity index (χ2n) is 5.02. The largest absolute Gasteiger partial charge is 0.332 e. The number of rotatable bonds is 2. The van der Waals surface area contributed by atoms with Crippen molar-refractivity contribution in [2.45, 2.75) is 39.5 Å². The number of hydrogen-bond acceptors (Lipinski definition) is 3. The van der Waals surface area contributed by atoms with Crippen molar-refractivity contribution >= 4 is 22.2 Å². The zero-order valence-electron chi connectivity index (χ0n) is 10.9. The fourth-order valence-corrected chi connectivity index (χ4v) is 3.42. The van der Waals surface area contributed by atoms with E-state index < -0.39 is 0 Å². The highest BCUT2D eigenvalue weighted by molar-refractivity contribution is 7.15. The van der Waals surface area contributed by atoms with Gasteiger partial charge in [-0.05, 0) is 62.8 Å². The summed E-state index contributed by atoms with van der Waals surface area (Å²) >= 11 is 1.82. The van der Waals surface area contributed by atoms with Crippen molar-refractivity contribution in [3.05, 3.63) is 39.9 Å². The van der Waals surface area contributed by atoms with Crippen LogP contribution >= 0.6 is 11.3 Å². The number of aryl methyl sites for hydroxylation is 4. The molecule has 1 aromatic carbocycles. The number of hydrogen-bond donors (Lipinski definition) is 1. The van der Waals surface area contributed by atoms with Gasteiger partial charge >= 0.3 is 0 Å². The van der Waals surface area contributed by atoms with Crippen LogP contribution in [0.3, 0.4) is 0 Å². The Hall–Kier alpha value is -1.35. The molecule has 0 atom stereocenters. The zero-order valence-corrected chi connectivity index (χ0v) is 11.7. The van der Waals surface area contributed by atoms with Crippen LogP contribution in [0.15, 0.2) is 18.2 Å². The Balaban J connectivity index is 1.83. The van der Waals surface area contributed by atoms with Crippen molar-refractivity contribution in [2.75, 3.05) is 5.32 Å².